The molecule has 8 aromatic rings. The second-order valence-corrected chi connectivity index (χ2v) is 21.9. The highest BCUT2D eigenvalue weighted by Crippen LogP contribution is 2.68. The van der Waals surface area contributed by atoms with Gasteiger partial charge in [0.15, 0.2) is 0 Å². The van der Waals surface area contributed by atoms with E-state index in [-0.39, 0.29) is 34.2 Å². The fourth-order valence-electron chi connectivity index (χ4n) is 11.2. The molecule has 4 aromatic carbocycles. The van der Waals surface area contributed by atoms with Crippen molar-refractivity contribution in [2.24, 2.45) is 16.6 Å². The van der Waals surface area contributed by atoms with Crippen molar-refractivity contribution in [1.82, 2.24) is 40.1 Å². The molecule has 9 N–H and O–H groups in total. The van der Waals surface area contributed by atoms with Crippen LogP contribution < -0.4 is 32.3 Å². The van der Waals surface area contributed by atoms with Gasteiger partial charge in [-0.2, -0.15) is 0 Å². The zero-order valence-electron chi connectivity index (χ0n) is 44.6. The molecule has 3 amide bonds. The van der Waals surface area contributed by atoms with E-state index in [9.17, 15) is 19.2 Å². The van der Waals surface area contributed by atoms with E-state index in [4.69, 9.17) is 40.5 Å². The number of aromatic amines is 2. The van der Waals surface area contributed by atoms with Crippen LogP contribution in [0, 0.1) is 10.8 Å². The molecule has 0 atom stereocenters. The summed E-state index contributed by atoms with van der Waals surface area (Å²) in [5, 5.41) is 17.9. The van der Waals surface area contributed by atoms with Crippen LogP contribution in [0.3, 0.4) is 0 Å². The SMILES string of the molecule is C=CC(=O)Cl.C=CC(=O)NC12CC(C(=O)Nc3cccc(Nc4ncc(Cl)c(-c5c[nH]c6ccccc56)n4)c3)(C1)C2.CCN(CC)CC.NC12CC(C(=O)Nc3cccc(Nc4ncc(Cl)c(-c5c[nH]c6ccccc56)n4)c3)(C1)C2. The predicted molar refractivity (Wildman–Crippen MR) is 320 cm³/mol. The summed E-state index contributed by atoms with van der Waals surface area (Å²) in [7, 11) is 0. The second kappa shape index (κ2) is 23.8. The number of allylic oxidation sites excluding steroid dienone is 1. The number of aromatic nitrogens is 6. The Balaban J connectivity index is 0.000000162. The number of amides is 3. The maximum Gasteiger partial charge on any atom is 0.244 e. The fourth-order valence-corrected chi connectivity index (χ4v) is 11.5. The van der Waals surface area contributed by atoms with E-state index in [1.807, 2.05) is 109 Å². The van der Waals surface area contributed by atoms with Crippen LogP contribution in [0.2, 0.25) is 10.0 Å². The number of fused-ring (bicyclic) bond motifs is 2. The standard InChI is InChI=1S/C27H23ClN6O2.C24H21ClN6O.C6H15N.C3H3ClO/c1-2-22(35)34-27-13-26(14-27,15-27)24(36)31-16-6-5-7-17(10-16)32-25-30-12-20(28)23(33-25)19-11-29-21-9-4-3-8-18(19)21;25-18-10-28-22(31-20(18)17-9-27-19-7-2-1-6-16(17)19)30-15-5-3-4-14(8-15)29-21(32)23-11-24(26,12-23)13-23;1-4-7(5-2)6-3;1-2-3(4)5/h2-12,29H,1,13-15H2,(H,31,36)(H,34,35)(H,30,32,33);1-10,27H,11-13,26H2,(H,29,32)(H,28,30,31);4-6H2,1-3H3;2H,1H2. The van der Waals surface area contributed by atoms with Gasteiger partial charge in [0.1, 0.15) is 0 Å². The quantitative estimate of drug-likeness (QED) is 0.0333. The van der Waals surface area contributed by atoms with Gasteiger partial charge in [-0.1, -0.05) is 106 Å². The Kier molecular flexibility index (Phi) is 16.9. The minimum Gasteiger partial charge on any atom is -0.360 e. The highest BCUT2D eigenvalue weighted by atomic mass is 35.5. The average molecular weight is 1140 g/mol. The number of halogens is 3. The third-order valence-electron chi connectivity index (χ3n) is 15.1. The third-order valence-corrected chi connectivity index (χ3v) is 15.8. The van der Waals surface area contributed by atoms with Crippen molar-refractivity contribution >= 4 is 114 Å². The molecule has 0 radical (unpaired) electrons. The Morgan fingerprint density at radius 2 is 1.04 bits per heavy atom. The van der Waals surface area contributed by atoms with Gasteiger partial charge in [-0.25, -0.2) is 19.9 Å². The minimum absolute atomic E-state index is 0.0289. The zero-order chi connectivity index (χ0) is 56.8. The third kappa shape index (κ3) is 12.3. The number of nitrogens with zero attached hydrogens (tertiary/aromatic N) is 5. The van der Waals surface area contributed by atoms with Gasteiger partial charge in [-0.15, -0.1) is 0 Å². The van der Waals surface area contributed by atoms with Crippen LogP contribution in [-0.4, -0.2) is 88.5 Å². The van der Waals surface area contributed by atoms with Crippen molar-refractivity contribution in [2.75, 3.05) is 40.9 Å². The van der Waals surface area contributed by atoms with Gasteiger partial charge in [0.2, 0.25) is 34.9 Å². The predicted octanol–water partition coefficient (Wildman–Crippen LogP) is 12.3. The smallest absolute Gasteiger partial charge is 0.244 e. The van der Waals surface area contributed by atoms with Crippen molar-refractivity contribution in [3.8, 4) is 22.5 Å². The monoisotopic (exact) mass is 1130 g/mol. The lowest BCUT2D eigenvalue weighted by molar-refractivity contribution is -0.177. The summed E-state index contributed by atoms with van der Waals surface area (Å²) in [5.74, 6) is 0.634. The first kappa shape index (κ1) is 56.8. The number of rotatable bonds is 16. The highest BCUT2D eigenvalue weighted by molar-refractivity contribution is 6.66. The van der Waals surface area contributed by atoms with E-state index < -0.39 is 10.7 Å². The molecular formula is C60H62Cl3N13O4. The summed E-state index contributed by atoms with van der Waals surface area (Å²) in [6.45, 7) is 16.7. The topological polar surface area (TPSA) is 241 Å². The number of H-pyrrole nitrogens is 2. The number of para-hydroxylation sites is 2. The summed E-state index contributed by atoms with van der Waals surface area (Å²) >= 11 is 17.6. The van der Waals surface area contributed by atoms with Gasteiger partial charge >= 0.3 is 0 Å². The Bertz CT molecular complexity index is 3600. The highest BCUT2D eigenvalue weighted by Gasteiger charge is 2.72. The summed E-state index contributed by atoms with van der Waals surface area (Å²) < 4.78 is 0. The van der Waals surface area contributed by atoms with Gasteiger partial charge in [0.25, 0.3) is 0 Å². The molecule has 6 aliphatic rings. The van der Waals surface area contributed by atoms with Gasteiger partial charge in [0.05, 0.1) is 44.7 Å². The first-order valence-corrected chi connectivity index (χ1v) is 27.4. The maximum atomic E-state index is 12.9. The van der Waals surface area contributed by atoms with E-state index in [2.05, 4.69) is 95.3 Å². The summed E-state index contributed by atoms with van der Waals surface area (Å²) in [6, 6.07) is 30.8. The van der Waals surface area contributed by atoms with Crippen molar-refractivity contribution in [2.45, 2.75) is 70.4 Å². The summed E-state index contributed by atoms with van der Waals surface area (Å²) in [5.41, 5.74) is 13.0. The molecule has 80 heavy (non-hydrogen) atoms. The van der Waals surface area contributed by atoms with Crippen molar-refractivity contribution in [3.05, 3.63) is 157 Å². The largest absolute Gasteiger partial charge is 0.360 e. The number of carbonyl (C=O) groups is 4. The van der Waals surface area contributed by atoms with E-state index in [0.717, 1.165) is 75.3 Å². The lowest BCUT2D eigenvalue weighted by atomic mass is 9.39. The lowest BCUT2D eigenvalue weighted by Crippen LogP contribution is -2.77. The molecule has 6 aliphatic carbocycles. The van der Waals surface area contributed by atoms with Gasteiger partial charge in [0, 0.05) is 79.2 Å². The van der Waals surface area contributed by atoms with Crippen LogP contribution in [-0.2, 0) is 19.2 Å². The first-order valence-electron chi connectivity index (χ1n) is 26.3. The normalized spacial score (nSPS) is 20.4. The zero-order valence-corrected chi connectivity index (χ0v) is 46.8. The molecule has 6 saturated carbocycles. The van der Waals surface area contributed by atoms with E-state index in [1.165, 1.54) is 25.7 Å². The van der Waals surface area contributed by atoms with Gasteiger partial charge in [-0.3, -0.25) is 19.2 Å². The molecular weight excluding hydrogens is 1070 g/mol. The maximum absolute atomic E-state index is 12.9. The van der Waals surface area contributed by atoms with Gasteiger partial charge < -0.3 is 47.2 Å². The van der Waals surface area contributed by atoms with E-state index in [0.29, 0.717) is 58.3 Å². The Morgan fingerprint density at radius 1 is 0.625 bits per heavy atom. The minimum atomic E-state index is -0.509. The number of nitrogens with two attached hydrogens (primary N) is 1. The van der Waals surface area contributed by atoms with E-state index >= 15 is 0 Å². The number of hydrogen-bond acceptors (Lipinski definition) is 12. The second-order valence-electron chi connectivity index (χ2n) is 20.7. The first-order chi connectivity index (χ1) is 38.4. The summed E-state index contributed by atoms with van der Waals surface area (Å²) in [6.07, 6.45) is 13.5. The molecule has 412 valence electrons. The van der Waals surface area contributed by atoms with Crippen molar-refractivity contribution < 1.29 is 19.2 Å². The molecule has 0 aliphatic heterocycles. The molecule has 4 bridgehead atoms. The molecule has 6 fully saturated rings. The number of hydrogen-bond donors (Lipinski definition) is 8. The van der Waals surface area contributed by atoms with Crippen LogP contribution in [0.5, 0.6) is 0 Å². The van der Waals surface area contributed by atoms with E-state index in [1.54, 1.807) is 12.4 Å². The molecule has 0 spiro atoms. The van der Waals surface area contributed by atoms with Crippen LogP contribution in [0.4, 0.5) is 34.6 Å². The lowest BCUT2D eigenvalue weighted by Gasteiger charge is -2.69. The molecule has 17 nitrogen and oxygen atoms in total. The molecule has 0 saturated heterocycles. The van der Waals surface area contributed by atoms with Crippen molar-refractivity contribution in [3.63, 3.8) is 0 Å². The molecule has 20 heteroatoms. The fraction of sp³-hybridized carbons (Fsp3) is 0.267. The summed E-state index contributed by atoms with van der Waals surface area (Å²) in [4.78, 5) is 73.5. The van der Waals surface area contributed by atoms with Crippen LogP contribution >= 0.6 is 34.8 Å². The Hall–Kier alpha value is -7.93. The van der Waals surface area contributed by atoms with Gasteiger partial charge in [-0.05, 0) is 130 Å². The van der Waals surface area contributed by atoms with Crippen LogP contribution in [0.15, 0.2) is 147 Å². The Labute approximate surface area is 478 Å². The van der Waals surface area contributed by atoms with Crippen LogP contribution in [0.1, 0.15) is 59.3 Å². The Morgan fingerprint density at radius 3 is 1.43 bits per heavy atom. The molecule has 0 unspecified atom stereocenters. The molecule has 14 rings (SSSR count). The number of carbonyl (C=O) groups excluding carboxylic acids is 4. The van der Waals surface area contributed by atoms with Crippen LogP contribution in [0.25, 0.3) is 44.3 Å². The van der Waals surface area contributed by atoms with Crippen molar-refractivity contribution in [1.29, 1.82) is 0 Å². The average Bonchev–Trinajstić information content (AvgIpc) is 4.20. The number of nitrogens with one attached hydrogen (secondary N) is 7. The molecule has 4 heterocycles. The number of benzene rings is 4. The molecule has 4 aromatic heterocycles. The number of anilines is 6.